The minimum atomic E-state index is -0.314. The van der Waals surface area contributed by atoms with Crippen molar-refractivity contribution in [3.63, 3.8) is 0 Å². The Balaban J connectivity index is 1.35. The third kappa shape index (κ3) is 4.80. The van der Waals surface area contributed by atoms with Gasteiger partial charge < -0.3 is 15.4 Å². The lowest BCUT2D eigenvalue weighted by molar-refractivity contribution is -0.718. The van der Waals surface area contributed by atoms with Gasteiger partial charge >= 0.3 is 12.0 Å². The fourth-order valence-electron chi connectivity index (χ4n) is 4.39. The lowest BCUT2D eigenvalue weighted by Crippen LogP contribution is -2.48. The number of carbonyl (C=O) groups is 2. The van der Waals surface area contributed by atoms with Crippen LogP contribution in [-0.4, -0.2) is 41.7 Å². The van der Waals surface area contributed by atoms with Crippen LogP contribution in [0.3, 0.4) is 0 Å². The van der Waals surface area contributed by atoms with Gasteiger partial charge in [0.1, 0.15) is 0 Å². The minimum Gasteiger partial charge on any atom is -0.461 e. The first kappa shape index (κ1) is 21.0. The predicted molar refractivity (Wildman–Crippen MR) is 110 cm³/mol. The molecular weight excluding hydrogens is 374 g/mol. The zero-order chi connectivity index (χ0) is 20.3. The first-order valence-corrected chi connectivity index (χ1v) is 11.3. The van der Waals surface area contributed by atoms with Crippen LogP contribution in [-0.2, 0) is 9.53 Å². The number of urea groups is 1. The summed E-state index contributed by atoms with van der Waals surface area (Å²) in [5.41, 5.74) is 3.34. The van der Waals surface area contributed by atoms with Crippen LogP contribution in [0.2, 0.25) is 0 Å². The Bertz CT molecular complexity index is 717. The number of unbranched alkanes of at least 4 members (excludes halogenated alkanes) is 2. The van der Waals surface area contributed by atoms with E-state index < -0.39 is 0 Å². The topological polar surface area (TPSA) is 71.3 Å². The number of aromatic nitrogens is 1. The molecule has 0 bridgehead atoms. The van der Waals surface area contributed by atoms with E-state index in [4.69, 9.17) is 4.74 Å². The maximum Gasteiger partial charge on any atom is 0.375 e. The van der Waals surface area contributed by atoms with Gasteiger partial charge in [0.15, 0.2) is 11.4 Å². The van der Waals surface area contributed by atoms with Crippen molar-refractivity contribution in [3.05, 3.63) is 29.1 Å². The molecule has 7 heteroatoms. The van der Waals surface area contributed by atoms with Gasteiger partial charge in [-0.1, -0.05) is 12.8 Å². The molecule has 0 saturated carbocycles. The number of hydrogen-bond acceptors (Lipinski definition) is 4. The Morgan fingerprint density at radius 1 is 1.21 bits per heavy atom. The number of esters is 1. The monoisotopic (exact) mass is 406 g/mol. The van der Waals surface area contributed by atoms with Crippen molar-refractivity contribution in [2.75, 3.05) is 12.4 Å². The molecule has 28 heavy (non-hydrogen) atoms. The van der Waals surface area contributed by atoms with Gasteiger partial charge in [-0.15, -0.1) is 0 Å². The number of rotatable bonds is 8. The molecule has 0 aliphatic carbocycles. The standard InChI is InChI=1S/C21H31N3O3S/c1-13-10-14(2)24(15(3)11-13)16(4)20(25)27-9-7-5-6-8-18-19-17(12-28-18)22-21(26)23-19/h10-11,16-19H,5-9,12H2,1-4H3,(H-,22,23,26)/p+1/t16?,17-,18-,19-/m1/s1. The zero-order valence-corrected chi connectivity index (χ0v) is 18.1. The second kappa shape index (κ2) is 9.16. The number of aryl methyl sites for hydroxylation is 3. The van der Waals surface area contributed by atoms with Gasteiger partial charge in [-0.25, -0.2) is 9.59 Å². The third-order valence-corrected chi connectivity index (χ3v) is 7.19. The van der Waals surface area contributed by atoms with E-state index >= 15 is 0 Å². The maximum atomic E-state index is 12.4. The molecule has 0 spiro atoms. The predicted octanol–water partition coefficient (Wildman–Crippen LogP) is 2.73. The molecular formula is C21H32N3O3S+. The molecule has 2 amide bonds. The molecule has 2 aliphatic rings. The van der Waals surface area contributed by atoms with Crippen LogP contribution in [0, 0.1) is 20.8 Å². The van der Waals surface area contributed by atoms with Crippen LogP contribution < -0.4 is 15.2 Å². The minimum absolute atomic E-state index is 0.0294. The summed E-state index contributed by atoms with van der Waals surface area (Å²) in [7, 11) is 0. The van der Waals surface area contributed by atoms with Crippen molar-refractivity contribution in [2.24, 2.45) is 0 Å². The highest BCUT2D eigenvalue weighted by molar-refractivity contribution is 8.00. The number of thioether (sulfide) groups is 1. The third-order valence-electron chi connectivity index (χ3n) is 5.68. The molecule has 3 heterocycles. The lowest BCUT2D eigenvalue weighted by atomic mass is 10.0. The fourth-order valence-corrected chi connectivity index (χ4v) is 5.94. The normalized spacial score (nSPS) is 24.4. The molecule has 0 aromatic carbocycles. The summed E-state index contributed by atoms with van der Waals surface area (Å²) in [6.07, 6.45) is 4.10. The Morgan fingerprint density at radius 2 is 1.93 bits per heavy atom. The number of pyridine rings is 1. The van der Waals surface area contributed by atoms with Crippen LogP contribution in [0.25, 0.3) is 0 Å². The highest BCUT2D eigenvalue weighted by Crippen LogP contribution is 2.33. The summed E-state index contributed by atoms with van der Waals surface area (Å²) in [4.78, 5) is 23.9. The summed E-state index contributed by atoms with van der Waals surface area (Å²) < 4.78 is 7.56. The Hall–Kier alpha value is -1.76. The van der Waals surface area contributed by atoms with Crippen molar-refractivity contribution in [1.82, 2.24) is 10.6 Å². The molecule has 6 nitrogen and oxygen atoms in total. The highest BCUT2D eigenvalue weighted by atomic mass is 32.2. The molecule has 2 saturated heterocycles. The molecule has 1 aromatic heterocycles. The van der Waals surface area contributed by atoms with Crippen LogP contribution >= 0.6 is 11.8 Å². The van der Waals surface area contributed by atoms with Crippen molar-refractivity contribution in [1.29, 1.82) is 0 Å². The fraction of sp³-hybridized carbons (Fsp3) is 0.667. The van der Waals surface area contributed by atoms with E-state index in [-0.39, 0.29) is 30.1 Å². The van der Waals surface area contributed by atoms with Crippen molar-refractivity contribution >= 4 is 23.8 Å². The number of ether oxygens (including phenoxy) is 1. The zero-order valence-electron chi connectivity index (χ0n) is 17.3. The number of nitrogens with zero attached hydrogens (tertiary/aromatic N) is 1. The highest BCUT2D eigenvalue weighted by Gasteiger charge is 2.42. The molecule has 154 valence electrons. The molecule has 3 rings (SSSR count). The van der Waals surface area contributed by atoms with Crippen molar-refractivity contribution in [3.8, 4) is 0 Å². The molecule has 2 N–H and O–H groups in total. The SMILES string of the molecule is Cc1cc(C)[n+](C(C)C(=O)OCCCCC[C@H]2SC[C@H]3NC(=O)N[C@H]32)c(C)c1. The number of amides is 2. The number of nitrogens with one attached hydrogen (secondary N) is 2. The Morgan fingerprint density at radius 3 is 2.64 bits per heavy atom. The van der Waals surface area contributed by atoms with Gasteiger partial charge in [0, 0.05) is 43.9 Å². The van der Waals surface area contributed by atoms with Gasteiger partial charge in [-0.3, -0.25) is 0 Å². The summed E-state index contributed by atoms with van der Waals surface area (Å²) >= 11 is 1.94. The second-order valence-electron chi connectivity index (χ2n) is 8.00. The number of carbonyl (C=O) groups excluding carboxylic acids is 2. The van der Waals surface area contributed by atoms with E-state index in [0.717, 1.165) is 42.8 Å². The van der Waals surface area contributed by atoms with Gasteiger partial charge in [-0.2, -0.15) is 16.3 Å². The van der Waals surface area contributed by atoms with E-state index in [2.05, 4.69) is 29.7 Å². The van der Waals surface area contributed by atoms with Gasteiger partial charge in [0.2, 0.25) is 0 Å². The van der Waals surface area contributed by atoms with E-state index in [1.807, 2.05) is 37.1 Å². The lowest BCUT2D eigenvalue weighted by Gasteiger charge is -2.16. The van der Waals surface area contributed by atoms with Gasteiger partial charge in [0.25, 0.3) is 6.04 Å². The first-order chi connectivity index (χ1) is 13.4. The Labute approximate surface area is 171 Å². The molecule has 2 fully saturated rings. The van der Waals surface area contributed by atoms with E-state index in [1.165, 1.54) is 5.56 Å². The second-order valence-corrected chi connectivity index (χ2v) is 9.27. The van der Waals surface area contributed by atoms with Crippen LogP contribution in [0.4, 0.5) is 4.79 Å². The van der Waals surface area contributed by atoms with Crippen LogP contribution in [0.1, 0.15) is 55.6 Å². The molecule has 1 aromatic rings. The van der Waals surface area contributed by atoms with Crippen LogP contribution in [0.5, 0.6) is 0 Å². The van der Waals surface area contributed by atoms with Crippen LogP contribution in [0.15, 0.2) is 12.1 Å². The summed E-state index contributed by atoms with van der Waals surface area (Å²) in [5, 5.41) is 6.50. The average molecular weight is 407 g/mol. The van der Waals surface area contributed by atoms with E-state index in [9.17, 15) is 9.59 Å². The molecule has 1 unspecified atom stereocenters. The molecule has 4 atom stereocenters. The smallest absolute Gasteiger partial charge is 0.375 e. The van der Waals surface area contributed by atoms with Gasteiger partial charge in [-0.05, 0) is 25.3 Å². The Kier molecular flexibility index (Phi) is 6.86. The van der Waals surface area contributed by atoms with E-state index in [1.54, 1.807) is 0 Å². The quantitative estimate of drug-likeness (QED) is 0.301. The largest absolute Gasteiger partial charge is 0.461 e. The number of fused-ring (bicyclic) bond motifs is 1. The summed E-state index contributed by atoms with van der Waals surface area (Å²) in [6.45, 7) is 8.48. The van der Waals surface area contributed by atoms with Gasteiger partial charge in [0.05, 0.1) is 18.7 Å². The molecule has 2 aliphatic heterocycles. The van der Waals surface area contributed by atoms with Crippen molar-refractivity contribution in [2.45, 2.75) is 76.8 Å². The van der Waals surface area contributed by atoms with Crippen molar-refractivity contribution < 1.29 is 18.9 Å². The average Bonchev–Trinajstić information content (AvgIpc) is 3.16. The summed E-state index contributed by atoms with van der Waals surface area (Å²) in [6, 6.07) is 4.39. The number of hydrogen-bond donors (Lipinski definition) is 2. The van der Waals surface area contributed by atoms with E-state index in [0.29, 0.717) is 11.9 Å². The maximum absolute atomic E-state index is 12.4. The first-order valence-electron chi connectivity index (χ1n) is 10.2. The summed E-state index contributed by atoms with van der Waals surface area (Å²) in [5.74, 6) is 0.827. The molecule has 0 radical (unpaired) electrons.